The van der Waals surface area contributed by atoms with Crippen LogP contribution in [0, 0.1) is 12.8 Å². The van der Waals surface area contributed by atoms with Gasteiger partial charge in [0.25, 0.3) is 0 Å². The van der Waals surface area contributed by atoms with Crippen LogP contribution >= 0.6 is 0 Å². The van der Waals surface area contributed by atoms with Crippen molar-refractivity contribution in [3.63, 3.8) is 0 Å². The minimum Gasteiger partial charge on any atom is -0.438 e. The summed E-state index contributed by atoms with van der Waals surface area (Å²) in [5.74, 6) is -0.271. The number of carbonyl (C=O) groups excluding carboxylic acids is 3. The van der Waals surface area contributed by atoms with E-state index in [-0.39, 0.29) is 17.7 Å². The number of rotatable bonds is 6. The van der Waals surface area contributed by atoms with Crippen molar-refractivity contribution >= 4 is 23.6 Å². The van der Waals surface area contributed by atoms with Crippen molar-refractivity contribution in [3.8, 4) is 0 Å². The summed E-state index contributed by atoms with van der Waals surface area (Å²) in [5.41, 5.74) is 3.45. The lowest BCUT2D eigenvalue weighted by Gasteiger charge is -2.28. The molecule has 2 aliphatic heterocycles. The van der Waals surface area contributed by atoms with Crippen molar-refractivity contribution in [2.45, 2.75) is 52.3 Å². The quantitative estimate of drug-likeness (QED) is 0.714. The monoisotopic (exact) mass is 449 g/mol. The average molecular weight is 450 g/mol. The highest BCUT2D eigenvalue weighted by Gasteiger charge is 2.48. The van der Waals surface area contributed by atoms with E-state index in [0.29, 0.717) is 25.3 Å². The second kappa shape index (κ2) is 9.65. The van der Waals surface area contributed by atoms with Gasteiger partial charge in [-0.2, -0.15) is 0 Å². The van der Waals surface area contributed by atoms with Crippen LogP contribution in [0.3, 0.4) is 0 Å². The van der Waals surface area contributed by atoms with Gasteiger partial charge >= 0.3 is 6.09 Å². The van der Waals surface area contributed by atoms with Crippen molar-refractivity contribution in [1.29, 1.82) is 0 Å². The van der Waals surface area contributed by atoms with Crippen LogP contribution in [0.25, 0.3) is 0 Å². The molecule has 7 nitrogen and oxygen atoms in total. The molecule has 0 bridgehead atoms. The van der Waals surface area contributed by atoms with Gasteiger partial charge in [0.15, 0.2) is 12.1 Å². The first-order valence-electron chi connectivity index (χ1n) is 11.6. The van der Waals surface area contributed by atoms with E-state index in [0.717, 1.165) is 29.5 Å². The molecular weight excluding hydrogens is 418 g/mol. The van der Waals surface area contributed by atoms with Crippen LogP contribution in [0.2, 0.25) is 0 Å². The van der Waals surface area contributed by atoms with E-state index in [2.05, 4.69) is 5.32 Å². The van der Waals surface area contributed by atoms with Crippen LogP contribution in [-0.4, -0.2) is 46.8 Å². The lowest BCUT2D eigenvalue weighted by molar-refractivity contribution is -0.135. The maximum Gasteiger partial charge on any atom is 0.411 e. The van der Waals surface area contributed by atoms with E-state index in [1.54, 1.807) is 17.0 Å². The van der Waals surface area contributed by atoms with Gasteiger partial charge in [0.2, 0.25) is 11.8 Å². The fraction of sp³-hybridized carbons (Fsp3) is 0.423. The van der Waals surface area contributed by atoms with Gasteiger partial charge in [-0.25, -0.2) is 4.79 Å². The Morgan fingerprint density at radius 1 is 1.09 bits per heavy atom. The fourth-order valence-electron chi connectivity index (χ4n) is 4.37. The van der Waals surface area contributed by atoms with Crippen LogP contribution < -0.4 is 5.32 Å². The summed E-state index contributed by atoms with van der Waals surface area (Å²) in [5, 5.41) is 2.86. The lowest BCUT2D eigenvalue weighted by atomic mass is 9.99. The summed E-state index contributed by atoms with van der Waals surface area (Å²) in [6.45, 7) is 7.38. The summed E-state index contributed by atoms with van der Waals surface area (Å²) in [4.78, 5) is 41.8. The third kappa shape index (κ3) is 5.02. The van der Waals surface area contributed by atoms with Crippen molar-refractivity contribution in [2.24, 2.45) is 5.92 Å². The summed E-state index contributed by atoms with van der Waals surface area (Å²) >= 11 is 0. The summed E-state index contributed by atoms with van der Waals surface area (Å²) in [6.07, 6.45) is 0.752. The molecule has 0 saturated carbocycles. The largest absolute Gasteiger partial charge is 0.438 e. The first-order chi connectivity index (χ1) is 15.8. The van der Waals surface area contributed by atoms with Gasteiger partial charge in [0.1, 0.15) is 0 Å². The molecule has 2 fully saturated rings. The zero-order chi connectivity index (χ0) is 23.5. The standard InChI is InChI=1S/C26H31N3O4/c1-17(2)24(30)27-21-11-9-20(10-12-21)23-22(25(31)28-13-4-5-14-28)29(26(32)33-23)16-19-8-6-7-18(3)15-19/h6-12,15,17,22-23H,4-5,13-14,16H2,1-3H3,(H,27,30). The minimum absolute atomic E-state index is 0.0681. The van der Waals surface area contributed by atoms with E-state index in [1.807, 2.05) is 62.1 Å². The molecule has 2 saturated heterocycles. The topological polar surface area (TPSA) is 79.0 Å². The Balaban J connectivity index is 1.61. The third-order valence-electron chi connectivity index (χ3n) is 6.22. The van der Waals surface area contributed by atoms with Gasteiger partial charge in [-0.3, -0.25) is 14.5 Å². The number of nitrogens with one attached hydrogen (secondary N) is 1. The zero-order valence-electron chi connectivity index (χ0n) is 19.4. The summed E-state index contributed by atoms with van der Waals surface area (Å²) < 4.78 is 5.77. The third-order valence-corrected chi connectivity index (χ3v) is 6.22. The Hall–Kier alpha value is -3.35. The number of anilines is 1. The molecule has 2 unspecified atom stereocenters. The van der Waals surface area contributed by atoms with Crippen LogP contribution in [-0.2, 0) is 20.9 Å². The Morgan fingerprint density at radius 2 is 1.79 bits per heavy atom. The molecule has 4 rings (SSSR count). The summed E-state index contributed by atoms with van der Waals surface area (Å²) in [7, 11) is 0. The highest BCUT2D eigenvalue weighted by Crippen LogP contribution is 2.36. The van der Waals surface area contributed by atoms with Crippen LogP contribution in [0.4, 0.5) is 10.5 Å². The van der Waals surface area contributed by atoms with Gasteiger partial charge in [0.05, 0.1) is 6.54 Å². The van der Waals surface area contributed by atoms with Crippen molar-refractivity contribution in [2.75, 3.05) is 18.4 Å². The van der Waals surface area contributed by atoms with Gasteiger partial charge in [-0.15, -0.1) is 0 Å². The summed E-state index contributed by atoms with van der Waals surface area (Å²) in [6, 6.07) is 14.4. The molecule has 2 aromatic rings. The predicted molar refractivity (Wildman–Crippen MR) is 125 cm³/mol. The Labute approximate surface area is 194 Å². The zero-order valence-corrected chi connectivity index (χ0v) is 19.4. The Kier molecular flexibility index (Phi) is 6.67. The van der Waals surface area contributed by atoms with E-state index >= 15 is 0 Å². The molecule has 1 N–H and O–H groups in total. The molecular formula is C26H31N3O4. The van der Waals surface area contributed by atoms with Gasteiger partial charge < -0.3 is 15.0 Å². The highest BCUT2D eigenvalue weighted by molar-refractivity contribution is 5.92. The maximum absolute atomic E-state index is 13.5. The van der Waals surface area contributed by atoms with Gasteiger partial charge in [0, 0.05) is 24.7 Å². The van der Waals surface area contributed by atoms with E-state index < -0.39 is 18.2 Å². The van der Waals surface area contributed by atoms with E-state index in [4.69, 9.17) is 4.74 Å². The SMILES string of the molecule is Cc1cccc(CN2C(=O)OC(c3ccc(NC(=O)C(C)C)cc3)C2C(=O)N2CCCC2)c1. The molecule has 2 heterocycles. The maximum atomic E-state index is 13.5. The molecule has 33 heavy (non-hydrogen) atoms. The predicted octanol–water partition coefficient (Wildman–Crippen LogP) is 4.27. The fourth-order valence-corrected chi connectivity index (χ4v) is 4.37. The number of hydrogen-bond acceptors (Lipinski definition) is 4. The highest BCUT2D eigenvalue weighted by atomic mass is 16.6. The van der Waals surface area contributed by atoms with Crippen molar-refractivity contribution < 1.29 is 19.1 Å². The minimum atomic E-state index is -0.729. The molecule has 2 aliphatic rings. The second-order valence-electron chi connectivity index (χ2n) is 9.16. The van der Waals surface area contributed by atoms with Crippen molar-refractivity contribution in [1.82, 2.24) is 9.80 Å². The number of carbonyl (C=O) groups is 3. The first-order valence-corrected chi connectivity index (χ1v) is 11.6. The van der Waals surface area contributed by atoms with E-state index in [9.17, 15) is 14.4 Å². The van der Waals surface area contributed by atoms with Crippen LogP contribution in [0.1, 0.15) is 49.5 Å². The van der Waals surface area contributed by atoms with Crippen LogP contribution in [0.5, 0.6) is 0 Å². The number of amides is 3. The molecule has 2 atom stereocenters. The smallest absolute Gasteiger partial charge is 0.411 e. The second-order valence-corrected chi connectivity index (χ2v) is 9.16. The molecule has 0 radical (unpaired) electrons. The average Bonchev–Trinajstić information content (AvgIpc) is 3.43. The number of nitrogens with zero attached hydrogens (tertiary/aromatic N) is 2. The molecule has 0 aliphatic carbocycles. The van der Waals surface area contributed by atoms with Gasteiger partial charge in [-0.1, -0.05) is 55.8 Å². The lowest BCUT2D eigenvalue weighted by Crippen LogP contribution is -2.47. The van der Waals surface area contributed by atoms with Crippen molar-refractivity contribution in [3.05, 3.63) is 65.2 Å². The number of cyclic esters (lactones) is 1. The Morgan fingerprint density at radius 3 is 2.42 bits per heavy atom. The number of ether oxygens (including phenoxy) is 1. The molecule has 7 heteroatoms. The first kappa shape index (κ1) is 22.8. The number of likely N-dealkylation sites (tertiary alicyclic amines) is 1. The molecule has 174 valence electrons. The number of hydrogen-bond donors (Lipinski definition) is 1. The molecule has 3 amide bonds. The van der Waals surface area contributed by atoms with Crippen LogP contribution in [0.15, 0.2) is 48.5 Å². The molecule has 2 aromatic carbocycles. The molecule has 0 spiro atoms. The molecule has 0 aromatic heterocycles. The number of benzene rings is 2. The number of aryl methyl sites for hydroxylation is 1. The van der Waals surface area contributed by atoms with E-state index in [1.165, 1.54) is 0 Å². The Bertz CT molecular complexity index is 1030. The van der Waals surface area contributed by atoms with Gasteiger partial charge in [-0.05, 0) is 43.0 Å². The normalized spacial score (nSPS) is 20.3.